The number of methoxy groups -OCH3 is 2. The SMILES string of the molecule is COc1ccc(OC)c(NC(=O)CCC(=O)Nc2nccs2)c1. The van der Waals surface area contributed by atoms with Gasteiger partial charge in [-0.1, -0.05) is 0 Å². The van der Waals surface area contributed by atoms with Crippen LogP contribution in [-0.4, -0.2) is 31.0 Å². The van der Waals surface area contributed by atoms with Gasteiger partial charge in [-0.2, -0.15) is 0 Å². The van der Waals surface area contributed by atoms with Crippen LogP contribution in [0.2, 0.25) is 0 Å². The molecule has 0 saturated carbocycles. The van der Waals surface area contributed by atoms with Gasteiger partial charge < -0.3 is 20.1 Å². The predicted molar refractivity (Wildman–Crippen MR) is 88.2 cm³/mol. The summed E-state index contributed by atoms with van der Waals surface area (Å²) < 4.78 is 10.3. The highest BCUT2D eigenvalue weighted by Crippen LogP contribution is 2.29. The van der Waals surface area contributed by atoms with E-state index in [1.54, 1.807) is 29.8 Å². The van der Waals surface area contributed by atoms with E-state index in [1.165, 1.54) is 25.6 Å². The minimum Gasteiger partial charge on any atom is -0.497 e. The van der Waals surface area contributed by atoms with E-state index in [0.717, 1.165) is 0 Å². The molecule has 0 aliphatic rings. The predicted octanol–water partition coefficient (Wildman–Crippen LogP) is 2.52. The number of thiazole rings is 1. The molecule has 1 aromatic heterocycles. The summed E-state index contributed by atoms with van der Waals surface area (Å²) in [6, 6.07) is 5.09. The lowest BCUT2D eigenvalue weighted by Gasteiger charge is -2.11. The second kappa shape index (κ2) is 8.14. The number of aromatic nitrogens is 1. The number of ether oxygens (including phenoxy) is 2. The Hall–Kier alpha value is -2.61. The third kappa shape index (κ3) is 4.96. The highest BCUT2D eigenvalue weighted by molar-refractivity contribution is 7.13. The molecule has 0 spiro atoms. The number of carbonyl (C=O) groups excluding carboxylic acids is 2. The smallest absolute Gasteiger partial charge is 0.226 e. The van der Waals surface area contributed by atoms with Crippen LogP contribution in [0, 0.1) is 0 Å². The summed E-state index contributed by atoms with van der Waals surface area (Å²) in [5.41, 5.74) is 0.497. The third-order valence-electron chi connectivity index (χ3n) is 2.94. The Bertz CT molecular complexity index is 673. The van der Waals surface area contributed by atoms with Crippen molar-refractivity contribution in [3.05, 3.63) is 29.8 Å². The van der Waals surface area contributed by atoms with Gasteiger partial charge in [0.25, 0.3) is 0 Å². The molecular formula is C15H17N3O4S. The fourth-order valence-electron chi connectivity index (χ4n) is 1.82. The molecule has 23 heavy (non-hydrogen) atoms. The summed E-state index contributed by atoms with van der Waals surface area (Å²) in [5.74, 6) is 0.576. The van der Waals surface area contributed by atoms with Crippen LogP contribution >= 0.6 is 11.3 Å². The van der Waals surface area contributed by atoms with Crippen LogP contribution < -0.4 is 20.1 Å². The van der Waals surface area contributed by atoms with Gasteiger partial charge in [-0.05, 0) is 12.1 Å². The highest BCUT2D eigenvalue weighted by atomic mass is 32.1. The van der Waals surface area contributed by atoms with Crippen LogP contribution in [0.4, 0.5) is 10.8 Å². The summed E-state index contributed by atoms with van der Waals surface area (Å²) in [7, 11) is 3.05. The molecule has 2 aromatic rings. The Kier molecular flexibility index (Phi) is 5.93. The number of hydrogen-bond acceptors (Lipinski definition) is 6. The van der Waals surface area contributed by atoms with Gasteiger partial charge in [0.1, 0.15) is 11.5 Å². The molecule has 122 valence electrons. The van der Waals surface area contributed by atoms with Gasteiger partial charge in [-0.15, -0.1) is 11.3 Å². The van der Waals surface area contributed by atoms with Gasteiger partial charge in [0.05, 0.1) is 19.9 Å². The molecule has 1 heterocycles. The van der Waals surface area contributed by atoms with Crippen molar-refractivity contribution in [1.82, 2.24) is 4.98 Å². The molecule has 0 saturated heterocycles. The average Bonchev–Trinajstić information content (AvgIpc) is 3.05. The molecule has 2 N–H and O–H groups in total. The molecule has 0 atom stereocenters. The third-order valence-corrected chi connectivity index (χ3v) is 3.63. The van der Waals surface area contributed by atoms with Crippen molar-refractivity contribution in [3.8, 4) is 11.5 Å². The number of nitrogens with one attached hydrogen (secondary N) is 2. The summed E-state index contributed by atoms with van der Waals surface area (Å²) in [4.78, 5) is 27.7. The Morgan fingerprint density at radius 1 is 1.13 bits per heavy atom. The van der Waals surface area contributed by atoms with Crippen LogP contribution in [0.25, 0.3) is 0 Å². The van der Waals surface area contributed by atoms with Crippen molar-refractivity contribution in [2.45, 2.75) is 12.8 Å². The standard InChI is InChI=1S/C15H17N3O4S/c1-21-10-3-4-12(22-2)11(9-10)17-13(19)5-6-14(20)18-15-16-7-8-23-15/h3-4,7-9H,5-6H2,1-2H3,(H,17,19)(H,16,18,20). The zero-order chi connectivity index (χ0) is 16.7. The number of anilines is 2. The summed E-state index contributed by atoms with van der Waals surface area (Å²) in [5, 5.41) is 7.62. The first-order chi connectivity index (χ1) is 11.1. The van der Waals surface area contributed by atoms with Crippen LogP contribution in [0.1, 0.15) is 12.8 Å². The second-order valence-electron chi connectivity index (χ2n) is 4.50. The molecule has 2 amide bonds. The van der Waals surface area contributed by atoms with E-state index >= 15 is 0 Å². The minimum absolute atomic E-state index is 0.0531. The maximum absolute atomic E-state index is 12.0. The Labute approximate surface area is 137 Å². The lowest BCUT2D eigenvalue weighted by molar-refractivity contribution is -0.121. The number of benzene rings is 1. The van der Waals surface area contributed by atoms with Crippen molar-refractivity contribution in [2.24, 2.45) is 0 Å². The van der Waals surface area contributed by atoms with Gasteiger partial charge in [-0.25, -0.2) is 4.98 Å². The molecule has 0 bridgehead atoms. The molecule has 0 fully saturated rings. The Balaban J connectivity index is 1.88. The van der Waals surface area contributed by atoms with Gasteiger partial charge in [0, 0.05) is 30.5 Å². The van der Waals surface area contributed by atoms with Crippen molar-refractivity contribution in [1.29, 1.82) is 0 Å². The average molecular weight is 335 g/mol. The van der Waals surface area contributed by atoms with Crippen molar-refractivity contribution in [3.63, 3.8) is 0 Å². The monoisotopic (exact) mass is 335 g/mol. The molecule has 1 aromatic carbocycles. The summed E-state index contributed by atoms with van der Waals surface area (Å²) in [6.45, 7) is 0. The molecule has 2 rings (SSSR count). The van der Waals surface area contributed by atoms with Gasteiger partial charge in [0.15, 0.2) is 5.13 Å². The summed E-state index contributed by atoms with van der Waals surface area (Å²) in [6.07, 6.45) is 1.72. The number of nitrogens with zero attached hydrogens (tertiary/aromatic N) is 1. The maximum Gasteiger partial charge on any atom is 0.226 e. The molecule has 0 unspecified atom stereocenters. The molecule has 8 heteroatoms. The first-order valence-electron chi connectivity index (χ1n) is 6.83. The van der Waals surface area contributed by atoms with E-state index in [9.17, 15) is 9.59 Å². The zero-order valence-corrected chi connectivity index (χ0v) is 13.6. The van der Waals surface area contributed by atoms with E-state index in [0.29, 0.717) is 22.3 Å². The zero-order valence-electron chi connectivity index (χ0n) is 12.8. The van der Waals surface area contributed by atoms with E-state index in [-0.39, 0.29) is 24.7 Å². The van der Waals surface area contributed by atoms with E-state index in [2.05, 4.69) is 15.6 Å². The lowest BCUT2D eigenvalue weighted by Crippen LogP contribution is -2.17. The van der Waals surface area contributed by atoms with E-state index < -0.39 is 0 Å². The Morgan fingerprint density at radius 3 is 2.48 bits per heavy atom. The number of carbonyl (C=O) groups is 2. The molecule has 7 nitrogen and oxygen atoms in total. The van der Waals surface area contributed by atoms with Crippen molar-refractivity contribution < 1.29 is 19.1 Å². The Morgan fingerprint density at radius 2 is 1.87 bits per heavy atom. The molecule has 0 radical (unpaired) electrons. The van der Waals surface area contributed by atoms with Crippen molar-refractivity contribution in [2.75, 3.05) is 24.9 Å². The number of hydrogen-bond donors (Lipinski definition) is 2. The van der Waals surface area contributed by atoms with Gasteiger partial charge in [-0.3, -0.25) is 9.59 Å². The molecule has 0 aliphatic heterocycles. The molecule has 0 aliphatic carbocycles. The van der Waals surface area contributed by atoms with Gasteiger partial charge in [0.2, 0.25) is 11.8 Å². The molecular weight excluding hydrogens is 318 g/mol. The van der Waals surface area contributed by atoms with E-state index in [1.807, 2.05) is 0 Å². The maximum atomic E-state index is 12.0. The van der Waals surface area contributed by atoms with Crippen LogP contribution in [0.15, 0.2) is 29.8 Å². The fraction of sp³-hybridized carbons (Fsp3) is 0.267. The van der Waals surface area contributed by atoms with Crippen LogP contribution in [0.3, 0.4) is 0 Å². The minimum atomic E-state index is -0.286. The topological polar surface area (TPSA) is 89.5 Å². The summed E-state index contributed by atoms with van der Waals surface area (Å²) >= 11 is 1.32. The fourth-order valence-corrected chi connectivity index (χ4v) is 2.36. The van der Waals surface area contributed by atoms with Crippen LogP contribution in [-0.2, 0) is 9.59 Å². The van der Waals surface area contributed by atoms with E-state index in [4.69, 9.17) is 9.47 Å². The normalized spacial score (nSPS) is 10.0. The van der Waals surface area contributed by atoms with Gasteiger partial charge >= 0.3 is 0 Å². The number of amides is 2. The second-order valence-corrected chi connectivity index (χ2v) is 5.39. The van der Waals surface area contributed by atoms with Crippen LogP contribution in [0.5, 0.6) is 11.5 Å². The largest absolute Gasteiger partial charge is 0.497 e. The quantitative estimate of drug-likeness (QED) is 0.811. The van der Waals surface area contributed by atoms with Crippen molar-refractivity contribution >= 4 is 34.0 Å². The first kappa shape index (κ1) is 16.8. The highest BCUT2D eigenvalue weighted by Gasteiger charge is 2.11. The number of rotatable bonds is 7. The first-order valence-corrected chi connectivity index (χ1v) is 7.71. The lowest BCUT2D eigenvalue weighted by atomic mass is 10.2.